The number of ether oxygens (including phenoxy) is 1. The fourth-order valence-electron chi connectivity index (χ4n) is 1.85. The number of carbonyl (C=O) groups is 4. The molecule has 1 rings (SSSR count). The molecule has 2 atom stereocenters. The van der Waals surface area contributed by atoms with Crippen LogP contribution in [0, 0.1) is 0 Å². The number of carboxylic acid groups (broad SMARTS) is 1. The zero-order chi connectivity index (χ0) is 18.8. The van der Waals surface area contributed by atoms with Crippen molar-refractivity contribution in [3.63, 3.8) is 0 Å². The van der Waals surface area contributed by atoms with Crippen LogP contribution in [0.3, 0.4) is 0 Å². The van der Waals surface area contributed by atoms with Crippen LogP contribution in [0.2, 0.25) is 0 Å². The molecule has 136 valence electrons. The number of primary amides is 1. The molecule has 9 heteroatoms. The average Bonchev–Trinajstić information content (AvgIpc) is 2.56. The van der Waals surface area contributed by atoms with E-state index in [1.807, 2.05) is 6.07 Å². The number of rotatable bonds is 9. The van der Waals surface area contributed by atoms with Gasteiger partial charge >= 0.3 is 12.1 Å². The van der Waals surface area contributed by atoms with Gasteiger partial charge in [-0.25, -0.2) is 9.59 Å². The third-order valence-corrected chi connectivity index (χ3v) is 3.23. The van der Waals surface area contributed by atoms with Gasteiger partial charge in [-0.15, -0.1) is 0 Å². The highest BCUT2D eigenvalue weighted by Crippen LogP contribution is 2.01. The Hall–Kier alpha value is -3.10. The molecule has 25 heavy (non-hydrogen) atoms. The summed E-state index contributed by atoms with van der Waals surface area (Å²) in [5, 5.41) is 13.6. The van der Waals surface area contributed by atoms with Gasteiger partial charge in [-0.05, 0) is 18.9 Å². The van der Waals surface area contributed by atoms with Crippen LogP contribution >= 0.6 is 0 Å². The molecular weight excluding hydrogens is 330 g/mol. The molecule has 0 aliphatic heterocycles. The van der Waals surface area contributed by atoms with E-state index in [-0.39, 0.29) is 19.4 Å². The normalized spacial score (nSPS) is 12.5. The van der Waals surface area contributed by atoms with Gasteiger partial charge in [-0.2, -0.15) is 0 Å². The summed E-state index contributed by atoms with van der Waals surface area (Å²) in [5.74, 6) is -2.68. The Bertz CT molecular complexity index is 620. The lowest BCUT2D eigenvalue weighted by molar-refractivity contribution is -0.142. The van der Waals surface area contributed by atoms with Gasteiger partial charge in [-0.3, -0.25) is 9.59 Å². The van der Waals surface area contributed by atoms with Gasteiger partial charge in [0, 0.05) is 6.42 Å². The van der Waals surface area contributed by atoms with Crippen molar-refractivity contribution in [1.29, 1.82) is 0 Å². The lowest BCUT2D eigenvalue weighted by atomic mass is 10.1. The van der Waals surface area contributed by atoms with Gasteiger partial charge in [0.2, 0.25) is 11.8 Å². The molecule has 0 radical (unpaired) electrons. The average molecular weight is 351 g/mol. The molecule has 0 aliphatic carbocycles. The van der Waals surface area contributed by atoms with E-state index in [2.05, 4.69) is 10.6 Å². The highest BCUT2D eigenvalue weighted by Gasteiger charge is 2.24. The van der Waals surface area contributed by atoms with Gasteiger partial charge < -0.3 is 26.2 Å². The van der Waals surface area contributed by atoms with E-state index < -0.39 is 36.0 Å². The number of carbonyl (C=O) groups excluding carboxylic acids is 3. The Morgan fingerprint density at radius 2 is 1.80 bits per heavy atom. The summed E-state index contributed by atoms with van der Waals surface area (Å²) >= 11 is 0. The predicted octanol–water partition coefficient (Wildman–Crippen LogP) is 0.136. The van der Waals surface area contributed by atoms with E-state index >= 15 is 0 Å². The molecule has 0 saturated carbocycles. The van der Waals surface area contributed by atoms with Crippen molar-refractivity contribution < 1.29 is 29.0 Å². The summed E-state index contributed by atoms with van der Waals surface area (Å²) in [4.78, 5) is 45.4. The molecule has 0 aliphatic rings. The first-order chi connectivity index (χ1) is 11.8. The summed E-state index contributed by atoms with van der Waals surface area (Å²) in [5.41, 5.74) is 5.74. The summed E-state index contributed by atoms with van der Waals surface area (Å²) in [6, 6.07) is 6.69. The Morgan fingerprint density at radius 3 is 2.36 bits per heavy atom. The third kappa shape index (κ3) is 7.82. The molecule has 0 heterocycles. The molecule has 1 aromatic rings. The first-order valence-electron chi connectivity index (χ1n) is 7.58. The molecule has 0 bridgehead atoms. The van der Waals surface area contributed by atoms with Crippen LogP contribution in [-0.4, -0.2) is 41.1 Å². The minimum absolute atomic E-state index is 0.0391. The number of alkyl carbamates (subject to hydrolysis) is 1. The van der Waals surface area contributed by atoms with E-state index in [9.17, 15) is 19.2 Å². The number of hydrogen-bond acceptors (Lipinski definition) is 5. The zero-order valence-electron chi connectivity index (χ0n) is 13.7. The first kappa shape index (κ1) is 19.9. The minimum atomic E-state index is -1.30. The monoisotopic (exact) mass is 351 g/mol. The van der Waals surface area contributed by atoms with Gasteiger partial charge in [0.25, 0.3) is 0 Å². The molecule has 5 N–H and O–H groups in total. The molecule has 0 unspecified atom stereocenters. The summed E-state index contributed by atoms with van der Waals surface area (Å²) in [7, 11) is 0. The Morgan fingerprint density at radius 1 is 1.16 bits per heavy atom. The molecule has 0 fully saturated rings. The molecule has 3 amide bonds. The Balaban J connectivity index is 2.44. The lowest BCUT2D eigenvalue weighted by Gasteiger charge is -2.18. The fraction of sp³-hybridized carbons (Fsp3) is 0.375. The predicted molar refractivity (Wildman–Crippen MR) is 87.2 cm³/mol. The van der Waals surface area contributed by atoms with E-state index in [0.717, 1.165) is 5.56 Å². The number of carboxylic acids is 1. The van der Waals surface area contributed by atoms with Gasteiger partial charge in [0.05, 0.1) is 0 Å². The molecule has 0 aromatic heterocycles. The SMILES string of the molecule is C[C@H](NC(=O)OCc1ccccc1)C(=O)N[C@@H](CCC(N)=O)C(=O)O. The lowest BCUT2D eigenvalue weighted by Crippen LogP contribution is -2.50. The maximum atomic E-state index is 12.0. The second-order valence-electron chi connectivity index (χ2n) is 5.33. The number of benzene rings is 1. The quantitative estimate of drug-likeness (QED) is 0.497. The minimum Gasteiger partial charge on any atom is -0.480 e. The van der Waals surface area contributed by atoms with E-state index in [4.69, 9.17) is 15.6 Å². The molecule has 9 nitrogen and oxygen atoms in total. The maximum absolute atomic E-state index is 12.0. The van der Waals surface area contributed by atoms with Crippen molar-refractivity contribution in [2.24, 2.45) is 5.73 Å². The van der Waals surface area contributed by atoms with Crippen molar-refractivity contribution in [3.8, 4) is 0 Å². The number of nitrogens with two attached hydrogens (primary N) is 1. The fourth-order valence-corrected chi connectivity index (χ4v) is 1.85. The highest BCUT2D eigenvalue weighted by atomic mass is 16.5. The van der Waals surface area contributed by atoms with Gasteiger partial charge in [0.15, 0.2) is 0 Å². The smallest absolute Gasteiger partial charge is 0.408 e. The van der Waals surface area contributed by atoms with Crippen molar-refractivity contribution in [1.82, 2.24) is 10.6 Å². The highest BCUT2D eigenvalue weighted by molar-refractivity contribution is 5.89. The number of aliphatic carboxylic acids is 1. The number of nitrogens with one attached hydrogen (secondary N) is 2. The molecule has 0 saturated heterocycles. The molecule has 1 aromatic carbocycles. The zero-order valence-corrected chi connectivity index (χ0v) is 13.7. The van der Waals surface area contributed by atoms with Crippen molar-refractivity contribution in [2.45, 2.75) is 38.5 Å². The number of amides is 3. The summed E-state index contributed by atoms with van der Waals surface area (Å²) in [6.07, 6.45) is -1.13. The van der Waals surface area contributed by atoms with Crippen LogP contribution in [0.4, 0.5) is 4.79 Å². The van der Waals surface area contributed by atoms with Gasteiger partial charge in [0.1, 0.15) is 18.7 Å². The standard InChI is InChI=1S/C16H21N3O6/c1-10(14(21)19-12(15(22)23)7-8-13(17)20)18-16(24)25-9-11-5-3-2-4-6-11/h2-6,10,12H,7-9H2,1H3,(H2,17,20)(H,18,24)(H,19,21)(H,22,23)/t10-,12-/m0/s1. The van der Waals surface area contributed by atoms with Crippen molar-refractivity contribution >= 4 is 23.9 Å². The van der Waals surface area contributed by atoms with Crippen molar-refractivity contribution in [3.05, 3.63) is 35.9 Å². The Labute approximate surface area is 144 Å². The molecular formula is C16H21N3O6. The second-order valence-corrected chi connectivity index (χ2v) is 5.33. The first-order valence-corrected chi connectivity index (χ1v) is 7.58. The van der Waals surface area contributed by atoms with Gasteiger partial charge in [-0.1, -0.05) is 30.3 Å². The molecule has 0 spiro atoms. The van der Waals surface area contributed by atoms with Crippen LogP contribution in [0.25, 0.3) is 0 Å². The van der Waals surface area contributed by atoms with E-state index in [1.165, 1.54) is 6.92 Å². The largest absolute Gasteiger partial charge is 0.480 e. The van der Waals surface area contributed by atoms with Crippen LogP contribution in [0.5, 0.6) is 0 Å². The summed E-state index contributed by atoms with van der Waals surface area (Å²) < 4.78 is 4.97. The topological polar surface area (TPSA) is 148 Å². The maximum Gasteiger partial charge on any atom is 0.408 e. The van der Waals surface area contributed by atoms with Crippen LogP contribution in [-0.2, 0) is 25.7 Å². The second kappa shape index (κ2) is 9.91. The van der Waals surface area contributed by atoms with Crippen LogP contribution in [0.1, 0.15) is 25.3 Å². The van der Waals surface area contributed by atoms with Crippen LogP contribution in [0.15, 0.2) is 30.3 Å². The van der Waals surface area contributed by atoms with E-state index in [0.29, 0.717) is 0 Å². The summed E-state index contributed by atoms with van der Waals surface area (Å²) in [6.45, 7) is 1.42. The van der Waals surface area contributed by atoms with Crippen LogP contribution < -0.4 is 16.4 Å². The van der Waals surface area contributed by atoms with E-state index in [1.54, 1.807) is 24.3 Å². The van der Waals surface area contributed by atoms with Crippen molar-refractivity contribution in [2.75, 3.05) is 0 Å². The third-order valence-electron chi connectivity index (χ3n) is 3.23. The number of hydrogen-bond donors (Lipinski definition) is 4. The Kier molecular flexibility index (Phi) is 7.91.